The van der Waals surface area contributed by atoms with Crippen LogP contribution in [0.3, 0.4) is 0 Å². The lowest BCUT2D eigenvalue weighted by Crippen LogP contribution is -2.02. The number of rotatable bonds is 4. The lowest BCUT2D eigenvalue weighted by molar-refractivity contribution is 0.102. The van der Waals surface area contributed by atoms with Gasteiger partial charge in [0.2, 0.25) is 0 Å². The van der Waals surface area contributed by atoms with Crippen molar-refractivity contribution >= 4 is 28.6 Å². The quantitative estimate of drug-likeness (QED) is 0.391. The van der Waals surface area contributed by atoms with Gasteiger partial charge in [0, 0.05) is 5.56 Å². The van der Waals surface area contributed by atoms with Crippen molar-refractivity contribution in [3.8, 4) is 11.5 Å². The summed E-state index contributed by atoms with van der Waals surface area (Å²) in [6, 6.07) is 9.98. The minimum Gasteiger partial charge on any atom is -0.504 e. The maximum Gasteiger partial charge on any atom is 0.173 e. The summed E-state index contributed by atoms with van der Waals surface area (Å²) in [4.78, 5) is 19.7. The molecule has 0 bridgehead atoms. The van der Waals surface area contributed by atoms with Gasteiger partial charge in [0.1, 0.15) is 0 Å². The van der Waals surface area contributed by atoms with Crippen molar-refractivity contribution in [1.29, 1.82) is 0 Å². The first kappa shape index (κ1) is 14.5. The van der Waals surface area contributed by atoms with Crippen molar-refractivity contribution in [2.45, 2.75) is 12.1 Å². The Bertz CT molecular complexity index is 858. The number of aromatic nitrogens is 2. The summed E-state index contributed by atoms with van der Waals surface area (Å²) in [5, 5.41) is 19.4. The maximum absolute atomic E-state index is 12.1. The van der Waals surface area contributed by atoms with E-state index in [4.69, 9.17) is 0 Å². The number of hydrogen-bond donors (Lipinski definition) is 3. The van der Waals surface area contributed by atoms with Crippen LogP contribution in [0, 0.1) is 6.92 Å². The molecule has 112 valence electrons. The summed E-state index contributed by atoms with van der Waals surface area (Å²) in [6.07, 6.45) is 0. The number of phenolic OH excluding ortho intramolecular Hbond substituents is 2. The predicted octanol–water partition coefficient (Wildman–Crippen LogP) is 3.26. The van der Waals surface area contributed by atoms with E-state index in [-0.39, 0.29) is 23.0 Å². The molecule has 1 heterocycles. The molecule has 1 aromatic heterocycles. The zero-order chi connectivity index (χ0) is 15.7. The van der Waals surface area contributed by atoms with Gasteiger partial charge in [0.25, 0.3) is 0 Å². The molecule has 22 heavy (non-hydrogen) atoms. The molecule has 0 aliphatic heterocycles. The van der Waals surface area contributed by atoms with Gasteiger partial charge in [-0.05, 0) is 42.8 Å². The molecule has 0 aliphatic rings. The van der Waals surface area contributed by atoms with Crippen LogP contribution in [0.15, 0.2) is 41.6 Å². The number of aromatic amines is 1. The van der Waals surface area contributed by atoms with Crippen molar-refractivity contribution in [2.75, 3.05) is 5.75 Å². The normalized spacial score (nSPS) is 11.0. The summed E-state index contributed by atoms with van der Waals surface area (Å²) in [6.45, 7) is 2.01. The monoisotopic (exact) mass is 314 g/mol. The Labute approximate surface area is 131 Å². The van der Waals surface area contributed by atoms with Crippen LogP contribution in [-0.4, -0.2) is 31.7 Å². The van der Waals surface area contributed by atoms with Crippen molar-refractivity contribution in [3.63, 3.8) is 0 Å². The van der Waals surface area contributed by atoms with Crippen molar-refractivity contribution in [1.82, 2.24) is 9.97 Å². The van der Waals surface area contributed by atoms with E-state index in [1.807, 2.05) is 25.1 Å². The standard InChI is InChI=1S/C16H14N2O3S/c1-9-2-4-11-12(6-9)18-16(17-11)22-8-15(21)10-3-5-13(19)14(20)7-10/h2-7,19-20H,8H2,1H3,(H,17,18). The smallest absolute Gasteiger partial charge is 0.173 e. The molecule has 0 atom stereocenters. The molecular formula is C16H14N2O3S. The third kappa shape index (κ3) is 2.92. The highest BCUT2D eigenvalue weighted by atomic mass is 32.2. The summed E-state index contributed by atoms with van der Waals surface area (Å²) in [5.41, 5.74) is 3.30. The average Bonchev–Trinajstić information content (AvgIpc) is 2.89. The Balaban J connectivity index is 1.72. The Morgan fingerprint density at radius 3 is 2.77 bits per heavy atom. The molecule has 3 rings (SSSR count). The van der Waals surface area contributed by atoms with Gasteiger partial charge < -0.3 is 15.2 Å². The molecule has 5 nitrogen and oxygen atoms in total. The van der Waals surface area contributed by atoms with E-state index in [0.717, 1.165) is 16.6 Å². The average molecular weight is 314 g/mol. The number of Topliss-reactive ketones (excluding diaryl/α,β-unsaturated/α-hetero) is 1. The van der Waals surface area contributed by atoms with E-state index in [2.05, 4.69) is 9.97 Å². The summed E-state index contributed by atoms with van der Waals surface area (Å²) in [5.74, 6) is -0.480. The summed E-state index contributed by atoms with van der Waals surface area (Å²) < 4.78 is 0. The van der Waals surface area contributed by atoms with Crippen LogP contribution in [0.5, 0.6) is 11.5 Å². The second kappa shape index (κ2) is 5.73. The Hall–Kier alpha value is -2.47. The fourth-order valence-corrected chi connectivity index (χ4v) is 2.86. The molecule has 3 aromatic rings. The van der Waals surface area contributed by atoms with Crippen LogP contribution in [-0.2, 0) is 0 Å². The number of thioether (sulfide) groups is 1. The third-order valence-electron chi connectivity index (χ3n) is 3.25. The maximum atomic E-state index is 12.1. The first-order valence-corrected chi connectivity index (χ1v) is 7.66. The molecule has 0 aliphatic carbocycles. The van der Waals surface area contributed by atoms with Crippen LogP contribution >= 0.6 is 11.8 Å². The van der Waals surface area contributed by atoms with Crippen LogP contribution < -0.4 is 0 Å². The van der Waals surface area contributed by atoms with E-state index in [1.165, 1.54) is 30.0 Å². The minimum atomic E-state index is -0.296. The first-order chi connectivity index (χ1) is 10.5. The highest BCUT2D eigenvalue weighted by Crippen LogP contribution is 2.26. The number of carbonyl (C=O) groups is 1. The van der Waals surface area contributed by atoms with Gasteiger partial charge in [-0.1, -0.05) is 17.8 Å². The van der Waals surface area contributed by atoms with Gasteiger partial charge in [-0.25, -0.2) is 4.98 Å². The number of aryl methyl sites for hydroxylation is 1. The second-order valence-corrected chi connectivity index (χ2v) is 5.94. The lowest BCUT2D eigenvalue weighted by atomic mass is 10.1. The van der Waals surface area contributed by atoms with Gasteiger partial charge in [0.15, 0.2) is 22.4 Å². The van der Waals surface area contributed by atoms with E-state index < -0.39 is 0 Å². The zero-order valence-corrected chi connectivity index (χ0v) is 12.6. The van der Waals surface area contributed by atoms with Gasteiger partial charge in [-0.15, -0.1) is 0 Å². The number of imidazole rings is 1. The van der Waals surface area contributed by atoms with Crippen LogP contribution in [0.2, 0.25) is 0 Å². The molecule has 0 fully saturated rings. The number of benzene rings is 2. The number of carbonyl (C=O) groups excluding carboxylic acids is 1. The molecule has 0 saturated carbocycles. The number of hydrogen-bond acceptors (Lipinski definition) is 5. The van der Waals surface area contributed by atoms with Gasteiger partial charge in [-0.3, -0.25) is 4.79 Å². The van der Waals surface area contributed by atoms with Crippen molar-refractivity contribution in [2.24, 2.45) is 0 Å². The number of aromatic hydroxyl groups is 2. The SMILES string of the molecule is Cc1ccc2nc(SCC(=O)c3ccc(O)c(O)c3)[nH]c2c1. The second-order valence-electron chi connectivity index (χ2n) is 4.98. The Morgan fingerprint density at radius 1 is 1.18 bits per heavy atom. The largest absolute Gasteiger partial charge is 0.504 e. The van der Waals surface area contributed by atoms with E-state index >= 15 is 0 Å². The molecule has 0 unspecified atom stereocenters. The number of nitrogens with one attached hydrogen (secondary N) is 1. The third-order valence-corrected chi connectivity index (χ3v) is 4.13. The van der Waals surface area contributed by atoms with Gasteiger partial charge >= 0.3 is 0 Å². The fraction of sp³-hybridized carbons (Fsp3) is 0.125. The van der Waals surface area contributed by atoms with Crippen molar-refractivity contribution in [3.05, 3.63) is 47.5 Å². The predicted molar refractivity (Wildman–Crippen MR) is 85.7 cm³/mol. The number of nitrogens with zero attached hydrogens (tertiary/aromatic N) is 1. The summed E-state index contributed by atoms with van der Waals surface area (Å²) in [7, 11) is 0. The van der Waals surface area contributed by atoms with E-state index in [9.17, 15) is 15.0 Å². The molecule has 0 amide bonds. The number of fused-ring (bicyclic) bond motifs is 1. The Morgan fingerprint density at radius 2 is 2.00 bits per heavy atom. The number of H-pyrrole nitrogens is 1. The molecule has 0 radical (unpaired) electrons. The fourth-order valence-electron chi connectivity index (χ4n) is 2.08. The van der Waals surface area contributed by atoms with Crippen LogP contribution in [0.1, 0.15) is 15.9 Å². The van der Waals surface area contributed by atoms with E-state index in [0.29, 0.717) is 10.7 Å². The highest BCUT2D eigenvalue weighted by molar-refractivity contribution is 7.99. The molecule has 6 heteroatoms. The molecule has 3 N–H and O–H groups in total. The van der Waals surface area contributed by atoms with Crippen LogP contribution in [0.4, 0.5) is 0 Å². The first-order valence-electron chi connectivity index (χ1n) is 6.67. The topological polar surface area (TPSA) is 86.2 Å². The molecule has 2 aromatic carbocycles. The van der Waals surface area contributed by atoms with Crippen LogP contribution in [0.25, 0.3) is 11.0 Å². The van der Waals surface area contributed by atoms with E-state index in [1.54, 1.807) is 0 Å². The summed E-state index contributed by atoms with van der Waals surface area (Å²) >= 11 is 1.30. The highest BCUT2D eigenvalue weighted by Gasteiger charge is 2.11. The zero-order valence-electron chi connectivity index (χ0n) is 11.8. The minimum absolute atomic E-state index is 0.142. The number of ketones is 1. The molecule has 0 spiro atoms. The molecule has 0 saturated heterocycles. The Kier molecular flexibility index (Phi) is 3.77. The van der Waals surface area contributed by atoms with Crippen molar-refractivity contribution < 1.29 is 15.0 Å². The molecular weight excluding hydrogens is 300 g/mol. The number of phenols is 2. The van der Waals surface area contributed by atoms with Gasteiger partial charge in [-0.2, -0.15) is 0 Å². The lowest BCUT2D eigenvalue weighted by Gasteiger charge is -2.02. The van der Waals surface area contributed by atoms with Gasteiger partial charge in [0.05, 0.1) is 16.8 Å².